The number of Topliss-reactive ketones (excluding diaryl/α,β-unsaturated/α-hetero) is 1. The molecule has 2 rings (SSSR count). The Morgan fingerprint density at radius 1 is 1.27 bits per heavy atom. The molecule has 0 bridgehead atoms. The number of ketones is 1. The molecular formula is C12H16N2O. The van der Waals surface area contributed by atoms with Crippen LogP contribution in [-0.2, 0) is 4.79 Å². The second kappa shape index (κ2) is 4.55. The van der Waals surface area contributed by atoms with Crippen LogP contribution >= 0.6 is 0 Å². The van der Waals surface area contributed by atoms with Gasteiger partial charge in [0, 0.05) is 19.1 Å². The van der Waals surface area contributed by atoms with Crippen LogP contribution in [0.4, 0.5) is 0 Å². The minimum Gasteiger partial charge on any atom is -0.313 e. The monoisotopic (exact) mass is 204 g/mol. The van der Waals surface area contributed by atoms with Crippen LogP contribution in [-0.4, -0.2) is 24.9 Å². The summed E-state index contributed by atoms with van der Waals surface area (Å²) in [5.74, 6) is 0.197. The van der Waals surface area contributed by atoms with Crippen LogP contribution in [0.5, 0.6) is 0 Å². The van der Waals surface area contributed by atoms with Gasteiger partial charge in [0.05, 0.1) is 6.04 Å². The Hall–Kier alpha value is -1.19. The highest BCUT2D eigenvalue weighted by Gasteiger charge is 2.24. The van der Waals surface area contributed by atoms with Gasteiger partial charge in [-0.15, -0.1) is 0 Å². The molecule has 2 unspecified atom stereocenters. The molecule has 3 heteroatoms. The predicted molar refractivity (Wildman–Crippen MR) is 59.7 cm³/mol. The first-order valence-corrected chi connectivity index (χ1v) is 5.29. The quantitative estimate of drug-likeness (QED) is 0.751. The van der Waals surface area contributed by atoms with Gasteiger partial charge in [0.2, 0.25) is 0 Å². The first-order chi connectivity index (χ1) is 7.27. The van der Waals surface area contributed by atoms with Crippen LogP contribution in [0, 0.1) is 0 Å². The molecule has 1 aromatic rings. The van der Waals surface area contributed by atoms with Gasteiger partial charge in [-0.05, 0) is 12.5 Å². The Labute approximate surface area is 89.9 Å². The fourth-order valence-corrected chi connectivity index (χ4v) is 1.89. The number of hydrogen-bond donors (Lipinski definition) is 2. The summed E-state index contributed by atoms with van der Waals surface area (Å²) in [7, 11) is 0. The predicted octanol–water partition coefficient (Wildman–Crippen LogP) is 0.878. The summed E-state index contributed by atoms with van der Waals surface area (Å²) in [5, 5.41) is 6.64. The van der Waals surface area contributed by atoms with Crippen molar-refractivity contribution in [1.29, 1.82) is 0 Å². The van der Waals surface area contributed by atoms with Gasteiger partial charge in [-0.25, -0.2) is 0 Å². The van der Waals surface area contributed by atoms with Crippen LogP contribution in [0.2, 0.25) is 0 Å². The van der Waals surface area contributed by atoms with Crippen molar-refractivity contribution in [3.63, 3.8) is 0 Å². The molecule has 0 aliphatic carbocycles. The summed E-state index contributed by atoms with van der Waals surface area (Å²) in [4.78, 5) is 11.3. The van der Waals surface area contributed by atoms with Crippen molar-refractivity contribution in [3.8, 4) is 0 Å². The molecule has 2 atom stereocenters. The maximum absolute atomic E-state index is 11.3. The lowest BCUT2D eigenvalue weighted by Crippen LogP contribution is -2.53. The number of rotatable bonds is 2. The van der Waals surface area contributed by atoms with Crippen molar-refractivity contribution in [1.82, 2.24) is 10.6 Å². The van der Waals surface area contributed by atoms with E-state index in [0.717, 1.165) is 13.1 Å². The molecule has 0 radical (unpaired) electrons. The van der Waals surface area contributed by atoms with Crippen molar-refractivity contribution in [2.45, 2.75) is 19.0 Å². The van der Waals surface area contributed by atoms with E-state index in [1.165, 1.54) is 5.56 Å². The van der Waals surface area contributed by atoms with E-state index in [-0.39, 0.29) is 17.9 Å². The standard InChI is InChI=1S/C12H16N2O/c1-9(15)11-7-13-8-12(14-11)10-5-3-2-4-6-10/h2-6,11-14H,7-8H2,1H3. The fraction of sp³-hybridized carbons (Fsp3) is 0.417. The topological polar surface area (TPSA) is 41.1 Å². The molecular weight excluding hydrogens is 188 g/mol. The minimum atomic E-state index is -0.0519. The van der Waals surface area contributed by atoms with Crippen LogP contribution in [0.25, 0.3) is 0 Å². The van der Waals surface area contributed by atoms with E-state index in [0.29, 0.717) is 0 Å². The highest BCUT2D eigenvalue weighted by atomic mass is 16.1. The maximum Gasteiger partial charge on any atom is 0.147 e. The van der Waals surface area contributed by atoms with E-state index in [4.69, 9.17) is 0 Å². The molecule has 1 aromatic carbocycles. The minimum absolute atomic E-state index is 0.0519. The zero-order valence-corrected chi connectivity index (χ0v) is 8.86. The lowest BCUT2D eigenvalue weighted by molar-refractivity contribution is -0.119. The van der Waals surface area contributed by atoms with Crippen molar-refractivity contribution in [2.24, 2.45) is 0 Å². The summed E-state index contributed by atoms with van der Waals surface area (Å²) in [6.45, 7) is 3.25. The van der Waals surface area contributed by atoms with Gasteiger partial charge < -0.3 is 5.32 Å². The van der Waals surface area contributed by atoms with Crippen molar-refractivity contribution in [3.05, 3.63) is 35.9 Å². The van der Waals surface area contributed by atoms with Crippen LogP contribution in [0.1, 0.15) is 18.5 Å². The van der Waals surface area contributed by atoms with Crippen LogP contribution < -0.4 is 10.6 Å². The molecule has 2 N–H and O–H groups in total. The molecule has 80 valence electrons. The summed E-state index contributed by atoms with van der Waals surface area (Å²) in [5.41, 5.74) is 1.23. The number of nitrogens with one attached hydrogen (secondary N) is 2. The Morgan fingerprint density at radius 3 is 2.67 bits per heavy atom. The third kappa shape index (κ3) is 2.43. The molecule has 0 saturated carbocycles. The molecule has 1 aliphatic heterocycles. The van der Waals surface area contributed by atoms with Gasteiger partial charge in [-0.1, -0.05) is 30.3 Å². The normalized spacial score (nSPS) is 26.2. The average Bonchev–Trinajstić information content (AvgIpc) is 2.30. The van der Waals surface area contributed by atoms with Crippen molar-refractivity contribution < 1.29 is 4.79 Å². The smallest absolute Gasteiger partial charge is 0.147 e. The van der Waals surface area contributed by atoms with E-state index in [1.54, 1.807) is 6.92 Å². The SMILES string of the molecule is CC(=O)C1CNCC(c2ccccc2)N1. The lowest BCUT2D eigenvalue weighted by atomic mass is 10.0. The highest BCUT2D eigenvalue weighted by molar-refractivity contribution is 5.81. The highest BCUT2D eigenvalue weighted by Crippen LogP contribution is 2.14. The Morgan fingerprint density at radius 2 is 2.00 bits per heavy atom. The van der Waals surface area contributed by atoms with E-state index in [9.17, 15) is 4.79 Å². The van der Waals surface area contributed by atoms with Gasteiger partial charge in [0.25, 0.3) is 0 Å². The second-order valence-corrected chi connectivity index (χ2v) is 3.95. The molecule has 1 fully saturated rings. The average molecular weight is 204 g/mol. The molecule has 0 amide bonds. The number of carbonyl (C=O) groups excluding carboxylic acids is 1. The van der Waals surface area contributed by atoms with Crippen molar-refractivity contribution in [2.75, 3.05) is 13.1 Å². The molecule has 15 heavy (non-hydrogen) atoms. The zero-order chi connectivity index (χ0) is 10.7. The van der Waals surface area contributed by atoms with Crippen LogP contribution in [0.15, 0.2) is 30.3 Å². The molecule has 3 nitrogen and oxygen atoms in total. The second-order valence-electron chi connectivity index (χ2n) is 3.95. The Bertz CT molecular complexity index is 337. The summed E-state index contributed by atoms with van der Waals surface area (Å²) in [6.07, 6.45) is 0. The molecule has 1 aliphatic rings. The van der Waals surface area contributed by atoms with Gasteiger partial charge in [-0.2, -0.15) is 0 Å². The van der Waals surface area contributed by atoms with Crippen molar-refractivity contribution >= 4 is 5.78 Å². The van der Waals surface area contributed by atoms with E-state index in [2.05, 4.69) is 22.8 Å². The largest absolute Gasteiger partial charge is 0.313 e. The number of carbonyl (C=O) groups is 1. The third-order valence-corrected chi connectivity index (χ3v) is 2.79. The van der Waals surface area contributed by atoms with Gasteiger partial charge in [-0.3, -0.25) is 10.1 Å². The number of piperazine rings is 1. The molecule has 1 heterocycles. The summed E-state index contributed by atoms with van der Waals surface area (Å²) in [6, 6.07) is 10.4. The fourth-order valence-electron chi connectivity index (χ4n) is 1.89. The molecule has 1 saturated heterocycles. The Kier molecular flexibility index (Phi) is 3.14. The first kappa shape index (κ1) is 10.3. The molecule has 0 aromatic heterocycles. The van der Waals surface area contributed by atoms with Gasteiger partial charge >= 0.3 is 0 Å². The van der Waals surface area contributed by atoms with E-state index in [1.807, 2.05) is 18.2 Å². The van der Waals surface area contributed by atoms with Gasteiger partial charge in [0.1, 0.15) is 5.78 Å². The van der Waals surface area contributed by atoms with E-state index < -0.39 is 0 Å². The first-order valence-electron chi connectivity index (χ1n) is 5.29. The number of benzene rings is 1. The summed E-state index contributed by atoms with van der Waals surface area (Å²) >= 11 is 0. The van der Waals surface area contributed by atoms with Gasteiger partial charge in [0.15, 0.2) is 0 Å². The molecule has 0 spiro atoms. The summed E-state index contributed by atoms with van der Waals surface area (Å²) < 4.78 is 0. The number of hydrogen-bond acceptors (Lipinski definition) is 3. The zero-order valence-electron chi connectivity index (χ0n) is 8.86. The maximum atomic E-state index is 11.3. The lowest BCUT2D eigenvalue weighted by Gasteiger charge is -2.30. The van der Waals surface area contributed by atoms with Crippen LogP contribution in [0.3, 0.4) is 0 Å². The third-order valence-electron chi connectivity index (χ3n) is 2.79. The van der Waals surface area contributed by atoms with E-state index >= 15 is 0 Å². The Balaban J connectivity index is 2.08.